The molecule has 6 heteroatoms. The number of nitrogens with one attached hydrogen (secondary N) is 1. The summed E-state index contributed by atoms with van der Waals surface area (Å²) >= 11 is 0. The molecular weight excluding hydrogens is 262 g/mol. The van der Waals surface area contributed by atoms with Crippen LogP contribution >= 0.6 is 0 Å². The van der Waals surface area contributed by atoms with Crippen molar-refractivity contribution in [1.82, 2.24) is 4.72 Å². The summed E-state index contributed by atoms with van der Waals surface area (Å²) in [7, 11) is -3.62. The highest BCUT2D eigenvalue weighted by Crippen LogP contribution is 2.27. The van der Waals surface area contributed by atoms with Crippen molar-refractivity contribution in [2.45, 2.75) is 37.1 Å². The first-order chi connectivity index (χ1) is 8.94. The van der Waals surface area contributed by atoms with Gasteiger partial charge in [0, 0.05) is 6.04 Å². The number of nitrogens with two attached hydrogens (primary N) is 1. The van der Waals surface area contributed by atoms with E-state index in [1.807, 2.05) is 13.0 Å². The number of benzene rings is 1. The first-order valence-electron chi connectivity index (χ1n) is 6.26. The van der Waals surface area contributed by atoms with Crippen molar-refractivity contribution in [2.75, 3.05) is 5.73 Å². The van der Waals surface area contributed by atoms with E-state index < -0.39 is 10.0 Å². The van der Waals surface area contributed by atoms with Crippen LogP contribution in [0.3, 0.4) is 0 Å². The van der Waals surface area contributed by atoms with Crippen LogP contribution in [0.5, 0.6) is 0 Å². The Morgan fingerprint density at radius 3 is 2.68 bits per heavy atom. The second-order valence-corrected chi connectivity index (χ2v) is 6.68. The molecule has 19 heavy (non-hydrogen) atoms. The standard InChI is InChI=1S/C13H17N3O2S/c1-9-3-2-4-12(9)16-19(17,18)13-6-5-10(8-14)7-11(13)15/h5-7,9,12,16H,2-4,15H2,1H3. The zero-order chi connectivity index (χ0) is 14.0. The van der Waals surface area contributed by atoms with Gasteiger partial charge in [0.25, 0.3) is 0 Å². The van der Waals surface area contributed by atoms with E-state index in [-0.39, 0.29) is 16.6 Å². The Kier molecular flexibility index (Phi) is 3.78. The molecule has 0 spiro atoms. The van der Waals surface area contributed by atoms with Crippen molar-refractivity contribution < 1.29 is 8.42 Å². The van der Waals surface area contributed by atoms with Crippen LogP contribution in [0.1, 0.15) is 31.7 Å². The van der Waals surface area contributed by atoms with Crippen molar-refractivity contribution in [1.29, 1.82) is 5.26 Å². The van der Waals surface area contributed by atoms with E-state index in [1.54, 1.807) is 0 Å². The predicted octanol–water partition coefficient (Wildman–Crippen LogP) is 1.61. The molecule has 1 fully saturated rings. The van der Waals surface area contributed by atoms with Gasteiger partial charge in [-0.15, -0.1) is 0 Å². The highest BCUT2D eigenvalue weighted by molar-refractivity contribution is 7.89. The fraction of sp³-hybridized carbons (Fsp3) is 0.462. The van der Waals surface area contributed by atoms with Crippen LogP contribution in [0.4, 0.5) is 5.69 Å². The molecule has 1 aromatic carbocycles. The second-order valence-electron chi connectivity index (χ2n) is 5.00. The van der Waals surface area contributed by atoms with Crippen LogP contribution in [0.15, 0.2) is 23.1 Å². The first-order valence-corrected chi connectivity index (χ1v) is 7.74. The normalized spacial score (nSPS) is 23.2. The van der Waals surface area contributed by atoms with E-state index in [9.17, 15) is 8.42 Å². The number of nitrogens with zero attached hydrogens (tertiary/aromatic N) is 1. The van der Waals surface area contributed by atoms with Gasteiger partial charge in [0.1, 0.15) is 4.90 Å². The largest absolute Gasteiger partial charge is 0.398 e. The lowest BCUT2D eigenvalue weighted by Crippen LogP contribution is -2.36. The van der Waals surface area contributed by atoms with Crippen LogP contribution in [-0.2, 0) is 10.0 Å². The van der Waals surface area contributed by atoms with Gasteiger partial charge >= 0.3 is 0 Å². The molecule has 2 rings (SSSR count). The predicted molar refractivity (Wildman–Crippen MR) is 72.7 cm³/mol. The number of anilines is 1. The molecule has 0 aromatic heterocycles. The molecule has 0 aliphatic heterocycles. The average molecular weight is 279 g/mol. The Bertz CT molecular complexity index is 619. The van der Waals surface area contributed by atoms with E-state index in [4.69, 9.17) is 11.0 Å². The molecule has 0 amide bonds. The summed E-state index contributed by atoms with van der Waals surface area (Å²) in [6, 6.07) is 6.13. The lowest BCUT2D eigenvalue weighted by molar-refractivity contribution is 0.476. The number of nitrogen functional groups attached to an aromatic ring is 1. The zero-order valence-electron chi connectivity index (χ0n) is 10.8. The summed E-state index contributed by atoms with van der Waals surface area (Å²) in [4.78, 5) is 0.0469. The van der Waals surface area contributed by atoms with E-state index >= 15 is 0 Å². The van der Waals surface area contributed by atoms with Gasteiger partial charge in [0.2, 0.25) is 10.0 Å². The molecule has 102 valence electrons. The Morgan fingerprint density at radius 2 is 2.16 bits per heavy atom. The van der Waals surface area contributed by atoms with Gasteiger partial charge in [-0.2, -0.15) is 5.26 Å². The minimum atomic E-state index is -3.62. The van der Waals surface area contributed by atoms with Gasteiger partial charge in [0.15, 0.2) is 0 Å². The van der Waals surface area contributed by atoms with E-state index in [0.717, 1.165) is 19.3 Å². The maximum atomic E-state index is 12.3. The molecule has 1 aliphatic rings. The maximum absolute atomic E-state index is 12.3. The summed E-state index contributed by atoms with van der Waals surface area (Å²) in [6.45, 7) is 2.04. The Labute approximate surface area is 113 Å². The fourth-order valence-corrected chi connectivity index (χ4v) is 3.94. The minimum absolute atomic E-state index is 0.0277. The van der Waals surface area contributed by atoms with Crippen molar-refractivity contribution in [2.24, 2.45) is 5.92 Å². The maximum Gasteiger partial charge on any atom is 0.242 e. The van der Waals surface area contributed by atoms with Gasteiger partial charge in [-0.3, -0.25) is 0 Å². The lowest BCUT2D eigenvalue weighted by atomic mass is 10.1. The molecule has 0 radical (unpaired) electrons. The van der Waals surface area contributed by atoms with Gasteiger partial charge in [-0.25, -0.2) is 13.1 Å². The summed E-state index contributed by atoms with van der Waals surface area (Å²) < 4.78 is 27.3. The van der Waals surface area contributed by atoms with Crippen molar-refractivity contribution in [3.05, 3.63) is 23.8 Å². The summed E-state index contributed by atoms with van der Waals surface area (Å²) in [6.07, 6.45) is 2.93. The quantitative estimate of drug-likeness (QED) is 0.821. The van der Waals surface area contributed by atoms with Gasteiger partial charge in [0.05, 0.1) is 17.3 Å². The molecular formula is C13H17N3O2S. The molecule has 1 aliphatic carbocycles. The van der Waals surface area contributed by atoms with E-state index in [0.29, 0.717) is 11.5 Å². The molecule has 0 heterocycles. The topological polar surface area (TPSA) is 96.0 Å². The highest BCUT2D eigenvalue weighted by Gasteiger charge is 2.29. The van der Waals surface area contributed by atoms with Crippen molar-refractivity contribution in [3.63, 3.8) is 0 Å². The number of nitriles is 1. The lowest BCUT2D eigenvalue weighted by Gasteiger charge is -2.18. The smallest absolute Gasteiger partial charge is 0.242 e. The molecule has 1 aromatic rings. The zero-order valence-corrected chi connectivity index (χ0v) is 11.6. The van der Waals surface area contributed by atoms with Crippen molar-refractivity contribution in [3.8, 4) is 6.07 Å². The van der Waals surface area contributed by atoms with Gasteiger partial charge < -0.3 is 5.73 Å². The summed E-state index contributed by atoms with van der Waals surface area (Å²) in [5.41, 5.74) is 6.18. The van der Waals surface area contributed by atoms with Gasteiger partial charge in [-0.05, 0) is 37.0 Å². The molecule has 1 saturated carbocycles. The van der Waals surface area contributed by atoms with Crippen LogP contribution in [-0.4, -0.2) is 14.5 Å². The molecule has 5 nitrogen and oxygen atoms in total. The molecule has 2 atom stereocenters. The second kappa shape index (κ2) is 5.19. The van der Waals surface area contributed by atoms with Crippen LogP contribution in [0.2, 0.25) is 0 Å². The van der Waals surface area contributed by atoms with E-state index in [1.165, 1.54) is 18.2 Å². The Hall–Kier alpha value is -1.58. The monoisotopic (exact) mass is 279 g/mol. The third-order valence-electron chi connectivity index (χ3n) is 3.60. The summed E-state index contributed by atoms with van der Waals surface area (Å²) in [5.74, 6) is 0.342. The molecule has 2 unspecified atom stereocenters. The van der Waals surface area contributed by atoms with Crippen LogP contribution in [0, 0.1) is 17.2 Å². The third-order valence-corrected chi connectivity index (χ3v) is 5.16. The van der Waals surface area contributed by atoms with Crippen molar-refractivity contribution >= 4 is 15.7 Å². The van der Waals surface area contributed by atoms with Gasteiger partial charge in [-0.1, -0.05) is 13.3 Å². The number of rotatable bonds is 3. The van der Waals surface area contributed by atoms with Crippen LogP contribution in [0.25, 0.3) is 0 Å². The molecule has 0 bridgehead atoms. The average Bonchev–Trinajstić information content (AvgIpc) is 2.73. The first kappa shape index (κ1) is 13.8. The Balaban J connectivity index is 2.27. The third kappa shape index (κ3) is 2.88. The summed E-state index contributed by atoms with van der Waals surface area (Å²) in [5, 5.41) is 8.75. The molecule has 3 N–H and O–H groups in total. The Morgan fingerprint density at radius 1 is 1.42 bits per heavy atom. The van der Waals surface area contributed by atoms with Crippen LogP contribution < -0.4 is 10.5 Å². The van der Waals surface area contributed by atoms with E-state index in [2.05, 4.69) is 4.72 Å². The number of hydrogen-bond acceptors (Lipinski definition) is 4. The fourth-order valence-electron chi connectivity index (χ4n) is 2.45. The number of hydrogen-bond donors (Lipinski definition) is 2. The SMILES string of the molecule is CC1CCCC1NS(=O)(=O)c1ccc(C#N)cc1N. The molecule has 0 saturated heterocycles. The number of sulfonamides is 1. The minimum Gasteiger partial charge on any atom is -0.398 e. The highest BCUT2D eigenvalue weighted by atomic mass is 32.2.